The zero-order valence-corrected chi connectivity index (χ0v) is 12.3. The van der Waals surface area contributed by atoms with Gasteiger partial charge in [-0.15, -0.1) is 0 Å². The molecule has 0 aliphatic carbocycles. The van der Waals surface area contributed by atoms with Gasteiger partial charge in [0.15, 0.2) is 0 Å². The summed E-state index contributed by atoms with van der Waals surface area (Å²) in [4.78, 5) is 24.2. The topological polar surface area (TPSA) is 99.3 Å². The number of amides is 1. The van der Waals surface area contributed by atoms with Gasteiger partial charge in [-0.2, -0.15) is 5.26 Å². The Morgan fingerprint density at radius 1 is 1.52 bits per heavy atom. The Bertz CT molecular complexity index is 578. The second-order valence-electron chi connectivity index (χ2n) is 4.73. The molecule has 0 radical (unpaired) electrons. The van der Waals surface area contributed by atoms with Gasteiger partial charge >= 0.3 is 0 Å². The number of nitriles is 1. The molecule has 0 bridgehead atoms. The van der Waals surface area contributed by atoms with Gasteiger partial charge in [-0.25, -0.2) is 0 Å². The minimum absolute atomic E-state index is 0.0306. The summed E-state index contributed by atoms with van der Waals surface area (Å²) in [6.07, 6.45) is 0.250. The third-order valence-corrected chi connectivity index (χ3v) is 3.06. The van der Waals surface area contributed by atoms with Crippen LogP contribution in [0, 0.1) is 21.4 Å². The van der Waals surface area contributed by atoms with Crippen LogP contribution in [0.2, 0.25) is 0 Å². The number of carbonyl (C=O) groups excluding carboxylic acids is 1. The van der Waals surface area contributed by atoms with Gasteiger partial charge in [0.2, 0.25) is 0 Å². The third-order valence-electron chi connectivity index (χ3n) is 3.06. The van der Waals surface area contributed by atoms with E-state index in [9.17, 15) is 14.9 Å². The summed E-state index contributed by atoms with van der Waals surface area (Å²) in [5.41, 5.74) is 0.626. The van der Waals surface area contributed by atoms with Crippen LogP contribution in [0.1, 0.15) is 30.6 Å². The highest BCUT2D eigenvalue weighted by Gasteiger charge is 2.23. The van der Waals surface area contributed by atoms with Crippen molar-refractivity contribution in [3.05, 3.63) is 33.9 Å². The van der Waals surface area contributed by atoms with Crippen LogP contribution >= 0.6 is 0 Å². The fraction of sp³-hybridized carbons (Fsp3) is 0.429. The Morgan fingerprint density at radius 2 is 2.19 bits per heavy atom. The van der Waals surface area contributed by atoms with E-state index in [1.807, 2.05) is 19.9 Å². The van der Waals surface area contributed by atoms with Gasteiger partial charge in [-0.05, 0) is 26.0 Å². The lowest BCUT2D eigenvalue weighted by atomic mass is 10.1. The lowest BCUT2D eigenvalue weighted by molar-refractivity contribution is -0.384. The molecular weight excluding hydrogens is 272 g/mol. The molecular formula is C14H18N4O3. The maximum Gasteiger partial charge on any atom is 0.292 e. The standard InChI is InChI=1S/C14H18N4O3/c1-10(2)17(8-4-7-15)13-9-11(14(19)16-3)5-6-12(13)18(20)21/h5-6,9-10H,4,8H2,1-3H3,(H,16,19). The summed E-state index contributed by atoms with van der Waals surface area (Å²) in [6, 6.07) is 6.23. The van der Waals surface area contributed by atoms with Crippen molar-refractivity contribution in [1.82, 2.24) is 5.32 Å². The van der Waals surface area contributed by atoms with Gasteiger partial charge in [0.05, 0.1) is 17.4 Å². The fourth-order valence-corrected chi connectivity index (χ4v) is 2.02. The van der Waals surface area contributed by atoms with Crippen LogP contribution in [0.3, 0.4) is 0 Å². The van der Waals surface area contributed by atoms with Crippen molar-refractivity contribution < 1.29 is 9.72 Å². The van der Waals surface area contributed by atoms with E-state index in [2.05, 4.69) is 5.32 Å². The summed E-state index contributed by atoms with van der Waals surface area (Å²) < 4.78 is 0. The smallest absolute Gasteiger partial charge is 0.292 e. The average molecular weight is 290 g/mol. The molecule has 0 saturated heterocycles. The van der Waals surface area contributed by atoms with Crippen LogP contribution < -0.4 is 10.2 Å². The first kappa shape index (κ1) is 16.4. The molecule has 0 aliphatic rings. The minimum Gasteiger partial charge on any atom is -0.363 e. The first-order valence-electron chi connectivity index (χ1n) is 6.56. The Hall–Kier alpha value is -2.62. The second kappa shape index (κ2) is 7.24. The molecule has 1 amide bonds. The molecule has 0 fully saturated rings. The molecule has 1 aromatic carbocycles. The summed E-state index contributed by atoms with van der Waals surface area (Å²) in [7, 11) is 1.50. The highest BCUT2D eigenvalue weighted by molar-refractivity contribution is 5.95. The number of hydrogen-bond acceptors (Lipinski definition) is 5. The van der Waals surface area contributed by atoms with Gasteiger partial charge in [0.25, 0.3) is 11.6 Å². The molecule has 0 aromatic heterocycles. The summed E-state index contributed by atoms with van der Waals surface area (Å²) >= 11 is 0. The van der Waals surface area contributed by atoms with Gasteiger partial charge in [-0.3, -0.25) is 14.9 Å². The molecule has 7 nitrogen and oxygen atoms in total. The predicted octanol–water partition coefficient (Wildman–Crippen LogP) is 2.08. The van der Waals surface area contributed by atoms with Crippen molar-refractivity contribution in [2.75, 3.05) is 18.5 Å². The van der Waals surface area contributed by atoms with E-state index in [0.717, 1.165) is 0 Å². The largest absolute Gasteiger partial charge is 0.363 e. The Labute approximate surface area is 123 Å². The molecule has 0 aliphatic heterocycles. The number of carbonyl (C=O) groups is 1. The molecule has 0 saturated carbocycles. The maximum absolute atomic E-state index is 11.7. The number of benzene rings is 1. The lowest BCUT2D eigenvalue weighted by Gasteiger charge is -2.28. The fourth-order valence-electron chi connectivity index (χ4n) is 2.02. The van der Waals surface area contributed by atoms with E-state index < -0.39 is 4.92 Å². The second-order valence-corrected chi connectivity index (χ2v) is 4.73. The normalized spacial score (nSPS) is 10.0. The van der Waals surface area contributed by atoms with Gasteiger partial charge < -0.3 is 10.2 Å². The van der Waals surface area contributed by atoms with Crippen molar-refractivity contribution in [2.24, 2.45) is 0 Å². The van der Waals surface area contributed by atoms with Crippen molar-refractivity contribution >= 4 is 17.3 Å². The maximum atomic E-state index is 11.7. The summed E-state index contributed by atoms with van der Waals surface area (Å²) in [5.74, 6) is -0.310. The Morgan fingerprint density at radius 3 is 2.67 bits per heavy atom. The quantitative estimate of drug-likeness (QED) is 0.638. The van der Waals surface area contributed by atoms with Gasteiger partial charge in [-0.1, -0.05) is 0 Å². The number of nitrogens with one attached hydrogen (secondary N) is 1. The number of nitrogens with zero attached hydrogens (tertiary/aromatic N) is 3. The van der Waals surface area contributed by atoms with Crippen molar-refractivity contribution in [3.8, 4) is 6.07 Å². The summed E-state index contributed by atoms with van der Waals surface area (Å²) in [5, 5.41) is 22.4. The molecule has 1 rings (SSSR count). The monoisotopic (exact) mass is 290 g/mol. The molecule has 0 heterocycles. The number of nitro groups is 1. The van der Waals surface area contributed by atoms with Crippen LogP contribution in [0.4, 0.5) is 11.4 Å². The van der Waals surface area contributed by atoms with E-state index >= 15 is 0 Å². The van der Waals surface area contributed by atoms with Gasteiger partial charge in [0.1, 0.15) is 5.69 Å². The molecule has 1 N–H and O–H groups in total. The molecule has 1 aromatic rings. The molecule has 21 heavy (non-hydrogen) atoms. The average Bonchev–Trinajstić information content (AvgIpc) is 2.46. The van der Waals surface area contributed by atoms with Crippen LogP contribution in [0.15, 0.2) is 18.2 Å². The SMILES string of the molecule is CNC(=O)c1ccc([N+](=O)[O-])c(N(CCC#N)C(C)C)c1. The first-order chi connectivity index (χ1) is 9.92. The van der Waals surface area contributed by atoms with Crippen molar-refractivity contribution in [3.63, 3.8) is 0 Å². The molecule has 7 heteroatoms. The van der Waals surface area contributed by atoms with Gasteiger partial charge in [0, 0.05) is 31.3 Å². The van der Waals surface area contributed by atoms with E-state index in [-0.39, 0.29) is 24.1 Å². The Balaban J connectivity index is 3.35. The summed E-state index contributed by atoms with van der Waals surface area (Å²) in [6.45, 7) is 4.13. The van der Waals surface area contributed by atoms with Crippen molar-refractivity contribution in [2.45, 2.75) is 26.3 Å². The van der Waals surface area contributed by atoms with Crippen LogP contribution in [0.5, 0.6) is 0 Å². The lowest BCUT2D eigenvalue weighted by Crippen LogP contribution is -2.32. The highest BCUT2D eigenvalue weighted by Crippen LogP contribution is 2.30. The third kappa shape index (κ3) is 3.92. The minimum atomic E-state index is -0.481. The van der Waals surface area contributed by atoms with E-state index in [4.69, 9.17) is 5.26 Å². The van der Waals surface area contributed by atoms with Crippen LogP contribution in [-0.2, 0) is 0 Å². The van der Waals surface area contributed by atoms with E-state index in [0.29, 0.717) is 17.8 Å². The molecule has 0 atom stereocenters. The predicted molar refractivity (Wildman–Crippen MR) is 79.2 cm³/mol. The number of anilines is 1. The zero-order valence-electron chi connectivity index (χ0n) is 12.3. The zero-order chi connectivity index (χ0) is 16.0. The Kier molecular flexibility index (Phi) is 5.67. The van der Waals surface area contributed by atoms with Crippen molar-refractivity contribution in [1.29, 1.82) is 5.26 Å². The molecule has 112 valence electrons. The first-order valence-corrected chi connectivity index (χ1v) is 6.56. The molecule has 0 spiro atoms. The van der Waals surface area contributed by atoms with Crippen LogP contribution in [-0.4, -0.2) is 30.5 Å². The van der Waals surface area contributed by atoms with E-state index in [1.165, 1.54) is 25.2 Å². The van der Waals surface area contributed by atoms with Crippen LogP contribution in [0.25, 0.3) is 0 Å². The number of hydrogen-bond donors (Lipinski definition) is 1. The highest BCUT2D eigenvalue weighted by atomic mass is 16.6. The molecule has 0 unspecified atom stereocenters. The number of nitro benzene ring substituents is 1. The number of rotatable bonds is 6. The van der Waals surface area contributed by atoms with E-state index in [1.54, 1.807) is 4.90 Å².